The summed E-state index contributed by atoms with van der Waals surface area (Å²) in [5, 5.41) is 4.92. The minimum absolute atomic E-state index is 0.351. The second-order valence-corrected chi connectivity index (χ2v) is 14.1. The van der Waals surface area contributed by atoms with Gasteiger partial charge in [0.25, 0.3) is 0 Å². The summed E-state index contributed by atoms with van der Waals surface area (Å²) in [4.78, 5) is 2.40. The summed E-state index contributed by atoms with van der Waals surface area (Å²) in [6.07, 6.45) is 0. The number of benzene rings is 9. The molecule has 0 N–H and O–H groups in total. The van der Waals surface area contributed by atoms with Gasteiger partial charge in [-0.05, 0) is 108 Å². The van der Waals surface area contributed by atoms with Crippen molar-refractivity contribution in [1.29, 1.82) is 0 Å². The highest BCUT2D eigenvalue weighted by Gasteiger charge is 2.51. The molecule has 9 aromatic rings. The van der Waals surface area contributed by atoms with Crippen molar-refractivity contribution in [3.8, 4) is 33.4 Å². The molecular weight excluding hydrogens is 627 g/mol. The van der Waals surface area contributed by atoms with Gasteiger partial charge in [-0.25, -0.2) is 0 Å². The van der Waals surface area contributed by atoms with Gasteiger partial charge in [-0.3, -0.25) is 0 Å². The fourth-order valence-electron chi connectivity index (χ4n) is 9.22. The molecule has 0 unspecified atom stereocenters. The Morgan fingerprint density at radius 2 is 0.827 bits per heavy atom. The van der Waals surface area contributed by atoms with Crippen molar-refractivity contribution in [2.45, 2.75) is 5.41 Å². The zero-order valence-electron chi connectivity index (χ0n) is 28.5. The monoisotopic (exact) mass is 659 g/mol. The lowest BCUT2D eigenvalue weighted by atomic mass is 9.70. The second kappa shape index (κ2) is 11.2. The number of anilines is 3. The summed E-state index contributed by atoms with van der Waals surface area (Å²) in [5.41, 5.74) is 16.3. The van der Waals surface area contributed by atoms with E-state index in [0.29, 0.717) is 0 Å². The molecular formula is C51H33N. The average Bonchev–Trinajstić information content (AvgIpc) is 3.68. The van der Waals surface area contributed by atoms with Crippen LogP contribution in [0.4, 0.5) is 17.1 Å². The Kier molecular flexibility index (Phi) is 6.23. The highest BCUT2D eigenvalue weighted by Crippen LogP contribution is 2.63. The Labute approximate surface area is 303 Å². The van der Waals surface area contributed by atoms with Gasteiger partial charge in [0.1, 0.15) is 0 Å². The van der Waals surface area contributed by atoms with E-state index in [-0.39, 0.29) is 5.41 Å². The molecule has 0 saturated heterocycles. The van der Waals surface area contributed by atoms with Gasteiger partial charge in [-0.15, -0.1) is 0 Å². The Morgan fingerprint density at radius 1 is 0.308 bits per heavy atom. The van der Waals surface area contributed by atoms with Gasteiger partial charge in [-0.1, -0.05) is 164 Å². The molecule has 11 rings (SSSR count). The molecule has 2 aliphatic rings. The van der Waals surface area contributed by atoms with E-state index in [9.17, 15) is 0 Å². The topological polar surface area (TPSA) is 3.24 Å². The lowest BCUT2D eigenvalue weighted by molar-refractivity contribution is 0.794. The maximum absolute atomic E-state index is 2.47. The van der Waals surface area contributed by atoms with Gasteiger partial charge >= 0.3 is 0 Å². The molecule has 0 fully saturated rings. The summed E-state index contributed by atoms with van der Waals surface area (Å²) in [7, 11) is 0. The molecule has 0 radical (unpaired) electrons. The number of nitrogens with zero attached hydrogens (tertiary/aromatic N) is 1. The minimum atomic E-state index is -0.351. The highest BCUT2D eigenvalue weighted by atomic mass is 15.1. The number of rotatable bonds is 4. The number of fused-ring (bicyclic) bond motifs is 12. The molecule has 0 saturated carbocycles. The second-order valence-electron chi connectivity index (χ2n) is 14.1. The van der Waals surface area contributed by atoms with Crippen molar-refractivity contribution in [2.24, 2.45) is 0 Å². The Balaban J connectivity index is 1.07. The predicted octanol–water partition coefficient (Wildman–Crippen LogP) is 13.5. The lowest BCUT2D eigenvalue weighted by Crippen LogP contribution is -2.25. The molecule has 242 valence electrons. The quantitative estimate of drug-likeness (QED) is 0.182. The molecule has 2 aliphatic carbocycles. The van der Waals surface area contributed by atoms with Crippen LogP contribution < -0.4 is 4.90 Å². The van der Waals surface area contributed by atoms with Gasteiger partial charge in [0.2, 0.25) is 0 Å². The van der Waals surface area contributed by atoms with E-state index in [1.807, 2.05) is 0 Å². The third-order valence-corrected chi connectivity index (χ3v) is 11.5. The minimum Gasteiger partial charge on any atom is -0.310 e. The maximum atomic E-state index is 2.47. The van der Waals surface area contributed by atoms with Crippen molar-refractivity contribution < 1.29 is 0 Å². The van der Waals surface area contributed by atoms with E-state index in [4.69, 9.17) is 0 Å². The molecule has 1 heteroatoms. The van der Waals surface area contributed by atoms with Crippen molar-refractivity contribution in [2.75, 3.05) is 4.90 Å². The van der Waals surface area contributed by atoms with Gasteiger partial charge in [0.05, 0.1) is 11.1 Å². The highest BCUT2D eigenvalue weighted by molar-refractivity contribution is 6.01. The van der Waals surface area contributed by atoms with E-state index >= 15 is 0 Å². The molecule has 0 heterocycles. The molecule has 1 nitrogen and oxygen atoms in total. The van der Waals surface area contributed by atoms with E-state index in [1.165, 1.54) is 77.2 Å². The van der Waals surface area contributed by atoms with Crippen molar-refractivity contribution >= 4 is 38.6 Å². The van der Waals surface area contributed by atoms with E-state index in [0.717, 1.165) is 17.1 Å². The third kappa shape index (κ3) is 4.05. The summed E-state index contributed by atoms with van der Waals surface area (Å²) in [5.74, 6) is 0. The van der Waals surface area contributed by atoms with Crippen LogP contribution in [-0.2, 0) is 5.41 Å². The zero-order valence-corrected chi connectivity index (χ0v) is 28.5. The van der Waals surface area contributed by atoms with Crippen LogP contribution in [-0.4, -0.2) is 0 Å². The summed E-state index contributed by atoms with van der Waals surface area (Å²) in [6, 6.07) is 74.0. The van der Waals surface area contributed by atoms with E-state index < -0.39 is 0 Å². The van der Waals surface area contributed by atoms with Crippen LogP contribution in [0.1, 0.15) is 22.3 Å². The van der Waals surface area contributed by atoms with Gasteiger partial charge in [0, 0.05) is 16.8 Å². The van der Waals surface area contributed by atoms with E-state index in [2.05, 4.69) is 205 Å². The first kappa shape index (κ1) is 29.1. The van der Waals surface area contributed by atoms with Crippen LogP contribution in [0.5, 0.6) is 0 Å². The van der Waals surface area contributed by atoms with Crippen LogP contribution >= 0.6 is 0 Å². The largest absolute Gasteiger partial charge is 0.310 e. The first-order valence-electron chi connectivity index (χ1n) is 18.1. The van der Waals surface area contributed by atoms with Crippen molar-refractivity contribution in [1.82, 2.24) is 0 Å². The van der Waals surface area contributed by atoms with E-state index in [1.54, 1.807) is 0 Å². The molecule has 0 bridgehead atoms. The first-order valence-corrected chi connectivity index (χ1v) is 18.1. The SMILES string of the molecule is c1ccc2c(c1)-c1ccccc1C21c2ccccc2-c2ccc(-c3ccc(N(c4ccc5ccccc5c4)c4cccc5ccccc45)cc3)cc21. The molecule has 0 aromatic heterocycles. The molecule has 0 aliphatic heterocycles. The van der Waals surface area contributed by atoms with Crippen LogP contribution in [0.2, 0.25) is 0 Å². The fraction of sp³-hybridized carbons (Fsp3) is 0.0196. The summed E-state index contributed by atoms with van der Waals surface area (Å²) < 4.78 is 0. The molecule has 0 atom stereocenters. The molecule has 0 amide bonds. The molecule has 1 spiro atoms. The van der Waals surface area contributed by atoms with Crippen LogP contribution in [0.15, 0.2) is 200 Å². The lowest BCUT2D eigenvalue weighted by Gasteiger charge is -2.30. The fourth-order valence-corrected chi connectivity index (χ4v) is 9.22. The van der Waals surface area contributed by atoms with Crippen LogP contribution in [0, 0.1) is 0 Å². The van der Waals surface area contributed by atoms with Gasteiger partial charge in [0.15, 0.2) is 0 Å². The van der Waals surface area contributed by atoms with Crippen molar-refractivity contribution in [3.63, 3.8) is 0 Å². The van der Waals surface area contributed by atoms with Gasteiger partial charge < -0.3 is 4.90 Å². The third-order valence-electron chi connectivity index (χ3n) is 11.5. The van der Waals surface area contributed by atoms with Crippen LogP contribution in [0.25, 0.3) is 54.9 Å². The molecule has 9 aromatic carbocycles. The Morgan fingerprint density at radius 3 is 1.52 bits per heavy atom. The number of hydrogen-bond donors (Lipinski definition) is 0. The van der Waals surface area contributed by atoms with Crippen LogP contribution in [0.3, 0.4) is 0 Å². The molecule has 52 heavy (non-hydrogen) atoms. The van der Waals surface area contributed by atoms with Gasteiger partial charge in [-0.2, -0.15) is 0 Å². The first-order chi connectivity index (χ1) is 25.8. The standard InChI is InChI=1S/C51H33N/c1-2-14-37-32-40(30-26-34(37)12-1)52(50-23-11-15-36-13-3-4-16-41(36)50)39-28-24-35(25-29-39)38-27-31-45-44-19-7-10-22-48(44)51(49(45)33-38)46-20-8-5-17-42(46)43-18-6-9-21-47(43)51/h1-33H. The summed E-state index contributed by atoms with van der Waals surface area (Å²) >= 11 is 0. The summed E-state index contributed by atoms with van der Waals surface area (Å²) in [6.45, 7) is 0. The predicted molar refractivity (Wildman–Crippen MR) is 218 cm³/mol. The average molecular weight is 660 g/mol. The number of hydrogen-bond acceptors (Lipinski definition) is 1. The Bertz CT molecular complexity index is 2790. The Hall–Kier alpha value is -6.70. The normalized spacial score (nSPS) is 13.2. The zero-order chi connectivity index (χ0) is 34.2. The van der Waals surface area contributed by atoms with Crippen molar-refractivity contribution in [3.05, 3.63) is 222 Å². The maximum Gasteiger partial charge on any atom is 0.0725 e. The smallest absolute Gasteiger partial charge is 0.0725 e.